The molecule has 106 valence electrons. The number of pyridine rings is 2. The smallest absolute Gasteiger partial charge is 0.265 e. The van der Waals surface area contributed by atoms with E-state index in [-0.39, 0.29) is 10.6 Å². The first kappa shape index (κ1) is 14.0. The number of nitrogens with one attached hydrogen (secondary N) is 2. The summed E-state index contributed by atoms with van der Waals surface area (Å²) in [5, 5.41) is 0. The molecule has 0 unspecified atom stereocenters. The first-order chi connectivity index (χ1) is 9.56. The fourth-order valence-electron chi connectivity index (χ4n) is 1.48. The molecule has 0 atom stereocenters. The van der Waals surface area contributed by atoms with Crippen molar-refractivity contribution in [3.8, 4) is 5.88 Å². The molecule has 0 bridgehead atoms. The Balaban J connectivity index is 2.30. The Labute approximate surface area is 116 Å². The SMILES string of the molecule is COc1ccc(NS(=O)(=O)c2cnccc2NN)cn1. The lowest BCUT2D eigenvalue weighted by atomic mass is 10.4. The highest BCUT2D eigenvalue weighted by Crippen LogP contribution is 2.22. The molecule has 0 radical (unpaired) electrons. The molecule has 2 rings (SSSR count). The van der Waals surface area contributed by atoms with E-state index < -0.39 is 10.0 Å². The third-order valence-corrected chi connectivity index (χ3v) is 3.84. The molecule has 2 heterocycles. The van der Waals surface area contributed by atoms with Gasteiger partial charge in [-0.2, -0.15) is 0 Å². The number of nitrogens with two attached hydrogens (primary N) is 1. The zero-order valence-electron chi connectivity index (χ0n) is 10.6. The van der Waals surface area contributed by atoms with Crippen molar-refractivity contribution in [2.24, 2.45) is 5.84 Å². The molecule has 0 saturated carbocycles. The minimum atomic E-state index is -3.81. The molecule has 9 heteroatoms. The van der Waals surface area contributed by atoms with E-state index in [9.17, 15) is 8.42 Å². The van der Waals surface area contributed by atoms with Crippen LogP contribution in [0.1, 0.15) is 0 Å². The summed E-state index contributed by atoms with van der Waals surface area (Å²) >= 11 is 0. The van der Waals surface area contributed by atoms with Crippen LogP contribution in [0.3, 0.4) is 0 Å². The molecule has 0 aliphatic heterocycles. The minimum Gasteiger partial charge on any atom is -0.481 e. The van der Waals surface area contributed by atoms with Crippen LogP contribution in [0, 0.1) is 0 Å². The van der Waals surface area contributed by atoms with Crippen molar-refractivity contribution < 1.29 is 13.2 Å². The first-order valence-electron chi connectivity index (χ1n) is 5.50. The summed E-state index contributed by atoms with van der Waals surface area (Å²) in [4.78, 5) is 7.63. The summed E-state index contributed by atoms with van der Waals surface area (Å²) in [5.74, 6) is 5.67. The predicted octanol–water partition coefficient (Wildman–Crippen LogP) is 0.572. The Hall–Kier alpha value is -2.39. The Morgan fingerprint density at radius 3 is 2.65 bits per heavy atom. The monoisotopic (exact) mass is 295 g/mol. The second-order valence-corrected chi connectivity index (χ2v) is 5.36. The summed E-state index contributed by atoms with van der Waals surface area (Å²) in [6.45, 7) is 0. The second kappa shape index (κ2) is 5.72. The number of ether oxygens (including phenoxy) is 1. The van der Waals surface area contributed by atoms with E-state index >= 15 is 0 Å². The van der Waals surface area contributed by atoms with Gasteiger partial charge in [-0.15, -0.1) is 0 Å². The Bertz CT molecular complexity index is 687. The maximum absolute atomic E-state index is 12.2. The summed E-state index contributed by atoms with van der Waals surface area (Å²) < 4.78 is 31.7. The fraction of sp³-hybridized carbons (Fsp3) is 0.0909. The Kier molecular flexibility index (Phi) is 4.01. The molecule has 0 spiro atoms. The van der Waals surface area contributed by atoms with Gasteiger partial charge in [0.2, 0.25) is 5.88 Å². The van der Waals surface area contributed by atoms with Crippen LogP contribution in [0.15, 0.2) is 41.7 Å². The molecular formula is C11H13N5O3S. The van der Waals surface area contributed by atoms with Crippen LogP contribution >= 0.6 is 0 Å². The van der Waals surface area contributed by atoms with E-state index in [1.165, 1.54) is 37.8 Å². The average Bonchev–Trinajstić information content (AvgIpc) is 2.47. The molecule has 0 amide bonds. The van der Waals surface area contributed by atoms with Gasteiger partial charge in [0.1, 0.15) is 4.90 Å². The summed E-state index contributed by atoms with van der Waals surface area (Å²) in [5.41, 5.74) is 2.86. The van der Waals surface area contributed by atoms with Crippen molar-refractivity contribution >= 4 is 21.4 Å². The third kappa shape index (κ3) is 2.95. The summed E-state index contributed by atoms with van der Waals surface area (Å²) in [7, 11) is -2.34. The largest absolute Gasteiger partial charge is 0.481 e. The molecule has 0 aliphatic rings. The molecule has 2 aromatic heterocycles. The van der Waals surface area contributed by atoms with Gasteiger partial charge in [-0.25, -0.2) is 13.4 Å². The molecule has 0 aromatic carbocycles. The van der Waals surface area contributed by atoms with Gasteiger partial charge in [0.05, 0.1) is 24.7 Å². The molecule has 4 N–H and O–H groups in total. The number of anilines is 2. The Morgan fingerprint density at radius 1 is 1.25 bits per heavy atom. The normalized spacial score (nSPS) is 10.9. The lowest BCUT2D eigenvalue weighted by molar-refractivity contribution is 0.398. The quantitative estimate of drug-likeness (QED) is 0.545. The third-order valence-electron chi connectivity index (χ3n) is 2.43. The highest BCUT2D eigenvalue weighted by Gasteiger charge is 2.18. The average molecular weight is 295 g/mol. The van der Waals surface area contributed by atoms with Gasteiger partial charge in [0.25, 0.3) is 10.0 Å². The van der Waals surface area contributed by atoms with Gasteiger partial charge in [-0.05, 0) is 12.1 Å². The number of hydrogen-bond donors (Lipinski definition) is 3. The Morgan fingerprint density at radius 2 is 2.05 bits per heavy atom. The van der Waals surface area contributed by atoms with Gasteiger partial charge in [-0.1, -0.05) is 0 Å². The maximum Gasteiger partial charge on any atom is 0.265 e. The topological polar surface area (TPSA) is 119 Å². The number of aromatic nitrogens is 2. The van der Waals surface area contributed by atoms with Crippen LogP contribution in [-0.4, -0.2) is 25.5 Å². The van der Waals surface area contributed by atoms with Gasteiger partial charge < -0.3 is 10.2 Å². The molecule has 2 aromatic rings. The van der Waals surface area contributed by atoms with E-state index in [4.69, 9.17) is 10.6 Å². The summed E-state index contributed by atoms with van der Waals surface area (Å²) in [6.07, 6.45) is 3.99. The van der Waals surface area contributed by atoms with Crippen molar-refractivity contribution in [1.29, 1.82) is 0 Å². The minimum absolute atomic E-state index is 0.0571. The van der Waals surface area contributed by atoms with Gasteiger partial charge in [-0.3, -0.25) is 15.5 Å². The van der Waals surface area contributed by atoms with Gasteiger partial charge in [0.15, 0.2) is 0 Å². The van der Waals surface area contributed by atoms with Crippen molar-refractivity contribution in [2.75, 3.05) is 17.3 Å². The molecule has 0 aliphatic carbocycles. The van der Waals surface area contributed by atoms with E-state index in [2.05, 4.69) is 20.1 Å². The van der Waals surface area contributed by atoms with E-state index in [1.807, 2.05) is 0 Å². The van der Waals surface area contributed by atoms with Crippen LogP contribution in [0.4, 0.5) is 11.4 Å². The van der Waals surface area contributed by atoms with E-state index in [0.717, 1.165) is 0 Å². The highest BCUT2D eigenvalue weighted by atomic mass is 32.2. The lowest BCUT2D eigenvalue weighted by Gasteiger charge is -2.11. The van der Waals surface area contributed by atoms with E-state index in [0.29, 0.717) is 11.6 Å². The number of hydrogen-bond acceptors (Lipinski definition) is 7. The standard InChI is InChI=1S/C11H13N5O3S/c1-19-11-3-2-8(6-14-11)16-20(17,18)10-7-13-5-4-9(10)15-12/h2-7,16H,12H2,1H3,(H,13,15). The van der Waals surface area contributed by atoms with Crippen molar-refractivity contribution in [1.82, 2.24) is 9.97 Å². The fourth-order valence-corrected chi connectivity index (χ4v) is 2.64. The predicted molar refractivity (Wildman–Crippen MR) is 73.6 cm³/mol. The number of methoxy groups -OCH3 is 1. The van der Waals surface area contributed by atoms with Crippen molar-refractivity contribution in [3.05, 3.63) is 36.8 Å². The molecule has 0 saturated heterocycles. The molecule has 20 heavy (non-hydrogen) atoms. The van der Waals surface area contributed by atoms with Crippen LogP contribution in [0.25, 0.3) is 0 Å². The molecular weight excluding hydrogens is 282 g/mol. The number of nitrogen functional groups attached to an aromatic ring is 1. The van der Waals surface area contributed by atoms with Crippen LogP contribution in [0.2, 0.25) is 0 Å². The molecule has 8 nitrogen and oxygen atoms in total. The van der Waals surface area contributed by atoms with Crippen molar-refractivity contribution in [2.45, 2.75) is 4.90 Å². The number of hydrazine groups is 1. The zero-order chi connectivity index (χ0) is 14.6. The van der Waals surface area contributed by atoms with Gasteiger partial charge >= 0.3 is 0 Å². The van der Waals surface area contributed by atoms with Gasteiger partial charge in [0, 0.05) is 18.5 Å². The number of sulfonamides is 1. The molecule has 0 fully saturated rings. The maximum atomic E-state index is 12.2. The zero-order valence-corrected chi connectivity index (χ0v) is 11.4. The second-order valence-electron chi connectivity index (χ2n) is 3.71. The highest BCUT2D eigenvalue weighted by molar-refractivity contribution is 7.92. The lowest BCUT2D eigenvalue weighted by Crippen LogP contribution is -2.17. The van der Waals surface area contributed by atoms with Crippen LogP contribution in [-0.2, 0) is 10.0 Å². The number of rotatable bonds is 5. The van der Waals surface area contributed by atoms with Crippen LogP contribution < -0.4 is 20.7 Å². The summed E-state index contributed by atoms with van der Waals surface area (Å²) in [6, 6.07) is 4.54. The van der Waals surface area contributed by atoms with E-state index in [1.54, 1.807) is 6.07 Å². The first-order valence-corrected chi connectivity index (χ1v) is 6.98. The number of nitrogens with zero attached hydrogens (tertiary/aromatic N) is 2. The van der Waals surface area contributed by atoms with Crippen LogP contribution in [0.5, 0.6) is 5.88 Å². The van der Waals surface area contributed by atoms with Crippen molar-refractivity contribution in [3.63, 3.8) is 0 Å².